The second-order valence-electron chi connectivity index (χ2n) is 5.90. The third kappa shape index (κ3) is 2.55. The lowest BCUT2D eigenvalue weighted by atomic mass is 10.00. The molecule has 0 saturated heterocycles. The van der Waals surface area contributed by atoms with Crippen LogP contribution in [0.25, 0.3) is 0 Å². The molecule has 1 atom stereocenters. The first-order valence-corrected chi connectivity index (χ1v) is 8.74. The lowest BCUT2D eigenvalue weighted by Gasteiger charge is -2.26. The Bertz CT molecular complexity index is 836. The summed E-state index contributed by atoms with van der Waals surface area (Å²) < 4.78 is 0. The molecule has 0 fully saturated rings. The number of hydrogen-bond acceptors (Lipinski definition) is 4. The molecule has 0 radical (unpaired) electrons. The number of nitrogens with zero attached hydrogens (tertiary/aromatic N) is 1. The number of benzene rings is 1. The molecule has 24 heavy (non-hydrogen) atoms. The average Bonchev–Trinajstić information content (AvgIpc) is 3.17. The van der Waals surface area contributed by atoms with Gasteiger partial charge in [-0.3, -0.25) is 14.5 Å². The van der Waals surface area contributed by atoms with Crippen molar-refractivity contribution in [3.05, 3.63) is 63.0 Å². The first-order valence-electron chi connectivity index (χ1n) is 7.86. The molecule has 1 aliphatic heterocycles. The van der Waals surface area contributed by atoms with Gasteiger partial charge in [0.1, 0.15) is 6.04 Å². The van der Waals surface area contributed by atoms with Crippen LogP contribution in [0.5, 0.6) is 0 Å². The molecule has 1 unspecified atom stereocenters. The van der Waals surface area contributed by atoms with E-state index in [1.165, 1.54) is 16.2 Å². The summed E-state index contributed by atoms with van der Waals surface area (Å²) >= 11 is 1.47. The molecule has 1 aliphatic rings. The number of Topliss-reactive ketones (excluding diaryl/α,β-unsaturated/α-hetero) is 1. The Morgan fingerprint density at radius 3 is 2.58 bits per heavy atom. The summed E-state index contributed by atoms with van der Waals surface area (Å²) in [4.78, 5) is 27.5. The highest BCUT2D eigenvalue weighted by Gasteiger charge is 2.44. The third-order valence-electron chi connectivity index (χ3n) is 4.41. The zero-order valence-corrected chi connectivity index (χ0v) is 14.7. The van der Waals surface area contributed by atoms with Crippen molar-refractivity contribution < 1.29 is 14.7 Å². The van der Waals surface area contributed by atoms with Crippen LogP contribution in [-0.2, 0) is 9.59 Å². The van der Waals surface area contributed by atoms with Crippen LogP contribution < -0.4 is 4.90 Å². The number of aliphatic hydroxyl groups excluding tert-OH is 1. The zero-order chi connectivity index (χ0) is 17.4. The van der Waals surface area contributed by atoms with Crippen molar-refractivity contribution >= 4 is 28.7 Å². The lowest BCUT2D eigenvalue weighted by Crippen LogP contribution is -2.30. The Morgan fingerprint density at radius 1 is 1.25 bits per heavy atom. The van der Waals surface area contributed by atoms with Crippen LogP contribution in [0.4, 0.5) is 5.69 Å². The Labute approximate surface area is 145 Å². The molecule has 1 amide bonds. The Balaban J connectivity index is 2.16. The lowest BCUT2D eigenvalue weighted by molar-refractivity contribution is -0.118. The van der Waals surface area contributed by atoms with E-state index in [1.54, 1.807) is 6.92 Å². The van der Waals surface area contributed by atoms with E-state index in [2.05, 4.69) is 0 Å². The minimum absolute atomic E-state index is 0.197. The van der Waals surface area contributed by atoms with E-state index < -0.39 is 17.7 Å². The second-order valence-corrected chi connectivity index (χ2v) is 6.88. The molecule has 5 heteroatoms. The summed E-state index contributed by atoms with van der Waals surface area (Å²) in [5.74, 6) is -1.16. The fourth-order valence-electron chi connectivity index (χ4n) is 2.94. The van der Waals surface area contributed by atoms with Crippen molar-refractivity contribution in [1.82, 2.24) is 0 Å². The third-order valence-corrected chi connectivity index (χ3v) is 5.34. The van der Waals surface area contributed by atoms with E-state index in [9.17, 15) is 14.7 Å². The Kier molecular flexibility index (Phi) is 4.28. The van der Waals surface area contributed by atoms with E-state index in [1.807, 2.05) is 49.6 Å². The molecule has 3 rings (SSSR count). The maximum absolute atomic E-state index is 12.7. The molecule has 0 spiro atoms. The Morgan fingerprint density at radius 2 is 2.00 bits per heavy atom. The molecular weight excluding hydrogens is 322 g/mol. The van der Waals surface area contributed by atoms with Gasteiger partial charge in [0, 0.05) is 17.0 Å². The van der Waals surface area contributed by atoms with E-state index in [0.29, 0.717) is 5.69 Å². The fraction of sp³-hybridized carbons (Fsp3) is 0.263. The number of hydrogen-bond donors (Lipinski definition) is 1. The van der Waals surface area contributed by atoms with Crippen molar-refractivity contribution in [2.45, 2.75) is 33.2 Å². The molecule has 0 aliphatic carbocycles. The highest BCUT2D eigenvalue weighted by atomic mass is 32.1. The smallest absolute Gasteiger partial charge is 0.294 e. The van der Waals surface area contributed by atoms with Crippen LogP contribution in [0.15, 0.2) is 47.0 Å². The van der Waals surface area contributed by atoms with E-state index in [-0.39, 0.29) is 17.8 Å². The summed E-state index contributed by atoms with van der Waals surface area (Å²) in [6.45, 7) is 5.71. The van der Waals surface area contributed by atoms with Crippen molar-refractivity contribution in [2.24, 2.45) is 0 Å². The molecule has 0 bridgehead atoms. The van der Waals surface area contributed by atoms with E-state index in [4.69, 9.17) is 0 Å². The summed E-state index contributed by atoms with van der Waals surface area (Å²) in [6.07, 6.45) is 0.245. The quantitative estimate of drug-likeness (QED) is 0.905. The van der Waals surface area contributed by atoms with Gasteiger partial charge in [0.15, 0.2) is 11.5 Å². The highest BCUT2D eigenvalue weighted by molar-refractivity contribution is 7.10. The minimum Gasteiger partial charge on any atom is -0.503 e. The van der Waals surface area contributed by atoms with Crippen LogP contribution in [0, 0.1) is 13.8 Å². The van der Waals surface area contributed by atoms with Crippen LogP contribution >= 0.6 is 11.3 Å². The SMILES string of the molecule is CCC(=O)C1=C(O)C(=O)N(c2ccc(C)c(C)c2)C1c1cccs1. The first-order chi connectivity index (χ1) is 11.5. The summed E-state index contributed by atoms with van der Waals surface area (Å²) in [7, 11) is 0. The largest absolute Gasteiger partial charge is 0.503 e. The highest BCUT2D eigenvalue weighted by Crippen LogP contribution is 2.43. The number of carbonyl (C=O) groups is 2. The zero-order valence-electron chi connectivity index (χ0n) is 13.9. The number of carbonyl (C=O) groups excluding carboxylic acids is 2. The van der Waals surface area contributed by atoms with Gasteiger partial charge in [0.25, 0.3) is 5.91 Å². The monoisotopic (exact) mass is 341 g/mol. The first kappa shape index (κ1) is 16.5. The van der Waals surface area contributed by atoms with Crippen LogP contribution in [0.3, 0.4) is 0 Å². The Hall–Kier alpha value is -2.40. The normalized spacial score (nSPS) is 17.7. The number of amides is 1. The molecule has 0 saturated carbocycles. The van der Waals surface area contributed by atoms with E-state index in [0.717, 1.165) is 16.0 Å². The molecule has 2 aromatic rings. The number of anilines is 1. The fourth-order valence-corrected chi connectivity index (χ4v) is 3.76. The second kappa shape index (κ2) is 6.24. The van der Waals surface area contributed by atoms with Crippen LogP contribution in [0.2, 0.25) is 0 Å². The van der Waals surface area contributed by atoms with Crippen molar-refractivity contribution in [1.29, 1.82) is 0 Å². The molecular formula is C19H19NO3S. The van der Waals surface area contributed by atoms with Crippen LogP contribution in [0.1, 0.15) is 35.4 Å². The minimum atomic E-state index is -0.563. The summed E-state index contributed by atoms with van der Waals surface area (Å²) in [5.41, 5.74) is 3.07. The number of thiophene rings is 1. The van der Waals surface area contributed by atoms with E-state index >= 15 is 0 Å². The molecule has 1 aromatic heterocycles. The van der Waals surface area contributed by atoms with Gasteiger partial charge in [-0.15, -0.1) is 11.3 Å². The van der Waals surface area contributed by atoms with Gasteiger partial charge in [0.05, 0.1) is 5.57 Å². The molecule has 2 heterocycles. The molecule has 4 nitrogen and oxygen atoms in total. The molecule has 1 aromatic carbocycles. The number of aliphatic hydroxyl groups is 1. The van der Waals surface area contributed by atoms with Gasteiger partial charge in [-0.2, -0.15) is 0 Å². The van der Waals surface area contributed by atoms with Gasteiger partial charge in [-0.25, -0.2) is 0 Å². The van der Waals surface area contributed by atoms with Gasteiger partial charge in [0.2, 0.25) is 0 Å². The topological polar surface area (TPSA) is 57.6 Å². The maximum atomic E-state index is 12.7. The van der Waals surface area contributed by atoms with Crippen molar-refractivity contribution in [2.75, 3.05) is 4.90 Å². The standard InChI is InChI=1S/C19H19NO3S/c1-4-14(21)16-17(15-6-5-9-24-15)20(19(23)18(16)22)13-8-7-11(2)12(3)10-13/h5-10,17,22H,4H2,1-3H3. The van der Waals surface area contributed by atoms with Crippen molar-refractivity contribution in [3.63, 3.8) is 0 Å². The summed E-state index contributed by atoms with van der Waals surface area (Å²) in [6, 6.07) is 8.92. The number of aryl methyl sites for hydroxylation is 2. The molecule has 1 N–H and O–H groups in total. The predicted octanol–water partition coefficient (Wildman–Crippen LogP) is 4.24. The average molecular weight is 341 g/mol. The van der Waals surface area contributed by atoms with Gasteiger partial charge in [-0.05, 0) is 48.6 Å². The van der Waals surface area contributed by atoms with Crippen molar-refractivity contribution in [3.8, 4) is 0 Å². The maximum Gasteiger partial charge on any atom is 0.294 e. The van der Waals surface area contributed by atoms with Gasteiger partial charge < -0.3 is 5.11 Å². The molecule has 124 valence electrons. The van der Waals surface area contributed by atoms with Gasteiger partial charge in [-0.1, -0.05) is 19.1 Å². The number of ketones is 1. The van der Waals surface area contributed by atoms with Gasteiger partial charge >= 0.3 is 0 Å². The predicted molar refractivity (Wildman–Crippen MR) is 95.4 cm³/mol. The summed E-state index contributed by atoms with van der Waals surface area (Å²) in [5, 5.41) is 12.3. The number of rotatable bonds is 4. The van der Waals surface area contributed by atoms with Crippen LogP contribution in [-0.4, -0.2) is 16.8 Å².